The van der Waals surface area contributed by atoms with E-state index < -0.39 is 11.9 Å². The standard InChI is InChI=1S/C12H22O2.C10H10O2/c1-3-4-5-6-7-8-9-10-11(2)12(13)14;1-8(10(11)12)7-9-5-3-2-4-6-9/h2-10H2,1H3,(H,13,14);2-7H,1H3,(H,11,12). The molecule has 0 aliphatic rings. The van der Waals surface area contributed by atoms with Gasteiger partial charge in [0, 0.05) is 11.1 Å². The molecule has 1 aromatic rings. The average Bonchev–Trinajstić information content (AvgIpc) is 2.62. The molecular formula is C22H32O4. The molecule has 0 unspecified atom stereocenters. The van der Waals surface area contributed by atoms with Crippen LogP contribution < -0.4 is 0 Å². The number of carbonyl (C=O) groups is 2. The summed E-state index contributed by atoms with van der Waals surface area (Å²) in [6.07, 6.45) is 10.8. The summed E-state index contributed by atoms with van der Waals surface area (Å²) in [5.74, 6) is -1.73. The number of aliphatic carboxylic acids is 2. The monoisotopic (exact) mass is 360 g/mol. The van der Waals surface area contributed by atoms with Crippen molar-refractivity contribution in [3.05, 3.63) is 53.6 Å². The third-order valence-electron chi connectivity index (χ3n) is 3.90. The Bertz CT molecular complexity index is 573. The van der Waals surface area contributed by atoms with Crippen molar-refractivity contribution in [2.75, 3.05) is 0 Å². The van der Waals surface area contributed by atoms with Gasteiger partial charge in [-0.15, -0.1) is 0 Å². The van der Waals surface area contributed by atoms with Gasteiger partial charge in [-0.1, -0.05) is 82.4 Å². The molecule has 0 bridgehead atoms. The van der Waals surface area contributed by atoms with Gasteiger partial charge >= 0.3 is 11.9 Å². The molecule has 0 radical (unpaired) electrons. The van der Waals surface area contributed by atoms with E-state index in [1.54, 1.807) is 13.0 Å². The van der Waals surface area contributed by atoms with Gasteiger partial charge in [-0.05, 0) is 31.4 Å². The number of benzene rings is 1. The minimum absolute atomic E-state index is 0.346. The molecule has 26 heavy (non-hydrogen) atoms. The Hall–Kier alpha value is -2.36. The Morgan fingerprint density at radius 1 is 0.923 bits per heavy atom. The van der Waals surface area contributed by atoms with E-state index in [1.807, 2.05) is 30.3 Å². The van der Waals surface area contributed by atoms with Gasteiger partial charge in [0.25, 0.3) is 0 Å². The van der Waals surface area contributed by atoms with Gasteiger partial charge in [-0.3, -0.25) is 0 Å². The minimum atomic E-state index is -0.876. The minimum Gasteiger partial charge on any atom is -0.478 e. The topological polar surface area (TPSA) is 74.6 Å². The molecule has 144 valence electrons. The first-order chi connectivity index (χ1) is 12.4. The highest BCUT2D eigenvalue weighted by molar-refractivity contribution is 5.91. The fraction of sp³-hybridized carbons (Fsp3) is 0.455. The molecule has 0 amide bonds. The van der Waals surface area contributed by atoms with Gasteiger partial charge in [0.2, 0.25) is 0 Å². The second-order valence-corrected chi connectivity index (χ2v) is 6.32. The average molecular weight is 360 g/mol. The lowest BCUT2D eigenvalue weighted by atomic mass is 10.1. The molecular weight excluding hydrogens is 328 g/mol. The van der Waals surface area contributed by atoms with E-state index in [2.05, 4.69) is 13.5 Å². The fourth-order valence-corrected chi connectivity index (χ4v) is 2.26. The van der Waals surface area contributed by atoms with E-state index in [1.165, 1.54) is 32.1 Å². The second-order valence-electron chi connectivity index (χ2n) is 6.32. The number of rotatable bonds is 11. The summed E-state index contributed by atoms with van der Waals surface area (Å²) < 4.78 is 0. The first kappa shape index (κ1) is 23.6. The molecule has 0 saturated heterocycles. The third kappa shape index (κ3) is 13.0. The summed E-state index contributed by atoms with van der Waals surface area (Å²) in [6, 6.07) is 9.38. The predicted molar refractivity (Wildman–Crippen MR) is 107 cm³/mol. The van der Waals surface area contributed by atoms with Gasteiger partial charge in [0.05, 0.1) is 0 Å². The SMILES string of the molecule is C=C(CCCCCCCCC)C(=O)O.CC(=Cc1ccccc1)C(=O)O. The van der Waals surface area contributed by atoms with Crippen molar-refractivity contribution in [1.29, 1.82) is 0 Å². The number of hydrogen-bond donors (Lipinski definition) is 2. The summed E-state index contributed by atoms with van der Waals surface area (Å²) in [4.78, 5) is 20.8. The molecule has 0 atom stereocenters. The molecule has 0 aromatic heterocycles. The summed E-state index contributed by atoms with van der Waals surface area (Å²) in [7, 11) is 0. The van der Waals surface area contributed by atoms with Crippen LogP contribution in [-0.4, -0.2) is 22.2 Å². The van der Waals surface area contributed by atoms with Crippen LogP contribution in [0.25, 0.3) is 6.08 Å². The molecule has 0 aliphatic heterocycles. The van der Waals surface area contributed by atoms with E-state index in [0.29, 0.717) is 17.6 Å². The molecule has 0 spiro atoms. The Kier molecular flexibility index (Phi) is 13.6. The first-order valence-electron chi connectivity index (χ1n) is 9.26. The van der Waals surface area contributed by atoms with E-state index in [0.717, 1.165) is 18.4 Å². The van der Waals surface area contributed by atoms with Crippen molar-refractivity contribution in [1.82, 2.24) is 0 Å². The van der Waals surface area contributed by atoms with E-state index in [9.17, 15) is 9.59 Å². The lowest BCUT2D eigenvalue weighted by Crippen LogP contribution is -1.98. The fourth-order valence-electron chi connectivity index (χ4n) is 2.26. The van der Waals surface area contributed by atoms with Crippen molar-refractivity contribution in [3.8, 4) is 0 Å². The lowest BCUT2D eigenvalue weighted by Gasteiger charge is -2.01. The highest BCUT2D eigenvalue weighted by atomic mass is 16.4. The molecule has 1 rings (SSSR count). The molecule has 2 N–H and O–H groups in total. The van der Waals surface area contributed by atoms with Gasteiger partial charge < -0.3 is 10.2 Å². The smallest absolute Gasteiger partial charge is 0.331 e. The summed E-state index contributed by atoms with van der Waals surface area (Å²) >= 11 is 0. The Morgan fingerprint density at radius 2 is 1.46 bits per heavy atom. The zero-order valence-electron chi connectivity index (χ0n) is 16.0. The van der Waals surface area contributed by atoms with Crippen molar-refractivity contribution >= 4 is 18.0 Å². The van der Waals surface area contributed by atoms with Crippen LogP contribution in [0.4, 0.5) is 0 Å². The van der Waals surface area contributed by atoms with Crippen LogP contribution in [-0.2, 0) is 9.59 Å². The van der Waals surface area contributed by atoms with Gasteiger partial charge in [0.15, 0.2) is 0 Å². The van der Waals surface area contributed by atoms with Crippen LogP contribution in [0.15, 0.2) is 48.1 Å². The number of unbranched alkanes of at least 4 members (excludes halogenated alkanes) is 6. The Morgan fingerprint density at radius 3 is 1.96 bits per heavy atom. The van der Waals surface area contributed by atoms with Crippen molar-refractivity contribution in [2.24, 2.45) is 0 Å². The molecule has 4 nitrogen and oxygen atoms in total. The summed E-state index contributed by atoms with van der Waals surface area (Å²) in [5, 5.41) is 17.1. The van der Waals surface area contributed by atoms with Gasteiger partial charge in [-0.2, -0.15) is 0 Å². The molecule has 0 fully saturated rings. The van der Waals surface area contributed by atoms with E-state index in [4.69, 9.17) is 10.2 Å². The quantitative estimate of drug-likeness (QED) is 0.378. The lowest BCUT2D eigenvalue weighted by molar-refractivity contribution is -0.133. The second kappa shape index (κ2) is 14.9. The molecule has 4 heteroatoms. The van der Waals surface area contributed by atoms with Crippen LogP contribution in [0, 0.1) is 0 Å². The van der Waals surface area contributed by atoms with Gasteiger partial charge in [-0.25, -0.2) is 9.59 Å². The van der Waals surface area contributed by atoms with Crippen molar-refractivity contribution < 1.29 is 19.8 Å². The third-order valence-corrected chi connectivity index (χ3v) is 3.90. The maximum Gasteiger partial charge on any atom is 0.331 e. The zero-order valence-corrected chi connectivity index (χ0v) is 16.0. The van der Waals surface area contributed by atoms with Crippen LogP contribution in [0.5, 0.6) is 0 Å². The van der Waals surface area contributed by atoms with Gasteiger partial charge in [0.1, 0.15) is 0 Å². The van der Waals surface area contributed by atoms with Crippen molar-refractivity contribution in [2.45, 2.75) is 65.2 Å². The normalized spacial score (nSPS) is 10.6. The largest absolute Gasteiger partial charge is 0.478 e. The predicted octanol–water partition coefficient (Wildman–Crippen LogP) is 5.94. The number of hydrogen-bond acceptors (Lipinski definition) is 2. The number of carboxylic acids is 2. The Balaban J connectivity index is 0.000000485. The first-order valence-corrected chi connectivity index (χ1v) is 9.26. The van der Waals surface area contributed by atoms with Crippen LogP contribution in [0.2, 0.25) is 0 Å². The van der Waals surface area contributed by atoms with E-state index >= 15 is 0 Å². The highest BCUT2D eigenvalue weighted by Crippen LogP contribution is 2.11. The molecule has 0 heterocycles. The molecule has 0 aliphatic carbocycles. The zero-order chi connectivity index (χ0) is 19.8. The summed E-state index contributed by atoms with van der Waals surface area (Å²) in [5.41, 5.74) is 1.61. The maximum absolute atomic E-state index is 10.4. The highest BCUT2D eigenvalue weighted by Gasteiger charge is 2.02. The molecule has 0 saturated carbocycles. The number of carboxylic acid groups (broad SMARTS) is 2. The van der Waals surface area contributed by atoms with Crippen LogP contribution in [0.1, 0.15) is 70.8 Å². The molecule has 1 aromatic carbocycles. The van der Waals surface area contributed by atoms with Crippen LogP contribution in [0.3, 0.4) is 0 Å². The maximum atomic E-state index is 10.4. The van der Waals surface area contributed by atoms with Crippen LogP contribution >= 0.6 is 0 Å². The Labute approximate surface area is 157 Å². The summed E-state index contributed by atoms with van der Waals surface area (Å²) in [6.45, 7) is 7.29. The van der Waals surface area contributed by atoms with Crippen molar-refractivity contribution in [3.63, 3.8) is 0 Å². The van der Waals surface area contributed by atoms with E-state index in [-0.39, 0.29) is 0 Å².